The number of amides is 2. The summed E-state index contributed by atoms with van der Waals surface area (Å²) in [5, 5.41) is 0. The number of piperazine rings is 1. The molecule has 1 aromatic rings. The Labute approximate surface area is 137 Å². The van der Waals surface area contributed by atoms with E-state index in [1.807, 2.05) is 0 Å². The summed E-state index contributed by atoms with van der Waals surface area (Å²) in [5.74, 6) is -0.635. The Morgan fingerprint density at radius 1 is 0.826 bits per heavy atom. The van der Waals surface area contributed by atoms with Gasteiger partial charge in [0.15, 0.2) is 0 Å². The van der Waals surface area contributed by atoms with Crippen molar-refractivity contribution < 1.29 is 9.59 Å². The number of piperidine rings is 1. The average molecular weight is 315 g/mol. The van der Waals surface area contributed by atoms with Crippen LogP contribution in [0.25, 0.3) is 0 Å². The van der Waals surface area contributed by atoms with Crippen LogP contribution in [0.1, 0.15) is 24.8 Å². The van der Waals surface area contributed by atoms with Crippen LogP contribution in [0.15, 0.2) is 24.3 Å². The predicted molar refractivity (Wildman–Crippen MR) is 90.4 cm³/mol. The minimum atomic E-state index is -0.323. The number of likely N-dealkylation sites (tertiary alicyclic amines) is 1. The molecule has 5 nitrogen and oxygen atoms in total. The zero-order chi connectivity index (χ0) is 16.2. The van der Waals surface area contributed by atoms with Crippen LogP contribution in [0, 0.1) is 6.92 Å². The fourth-order valence-electron chi connectivity index (χ4n) is 3.36. The van der Waals surface area contributed by atoms with E-state index in [1.54, 1.807) is 9.80 Å². The second kappa shape index (κ2) is 7.02. The first-order valence-corrected chi connectivity index (χ1v) is 8.55. The molecule has 0 bridgehead atoms. The molecule has 0 spiro atoms. The van der Waals surface area contributed by atoms with Crippen LogP contribution < -0.4 is 4.90 Å². The van der Waals surface area contributed by atoms with Crippen LogP contribution in [-0.2, 0) is 9.59 Å². The van der Waals surface area contributed by atoms with Crippen LogP contribution >= 0.6 is 0 Å². The van der Waals surface area contributed by atoms with Gasteiger partial charge in [0, 0.05) is 45.0 Å². The molecule has 2 aliphatic heterocycles. The quantitative estimate of drug-likeness (QED) is 0.740. The van der Waals surface area contributed by atoms with E-state index in [4.69, 9.17) is 0 Å². The van der Waals surface area contributed by atoms with Gasteiger partial charge in [0.25, 0.3) is 0 Å². The second-order valence-corrected chi connectivity index (χ2v) is 6.47. The van der Waals surface area contributed by atoms with Gasteiger partial charge in [-0.25, -0.2) is 0 Å². The summed E-state index contributed by atoms with van der Waals surface area (Å²) in [6.07, 6.45) is 3.19. The summed E-state index contributed by atoms with van der Waals surface area (Å²) in [4.78, 5) is 30.4. The fourth-order valence-corrected chi connectivity index (χ4v) is 3.36. The van der Waals surface area contributed by atoms with Crippen molar-refractivity contribution in [3.63, 3.8) is 0 Å². The van der Waals surface area contributed by atoms with Gasteiger partial charge in [-0.05, 0) is 43.9 Å². The first-order valence-electron chi connectivity index (χ1n) is 8.55. The van der Waals surface area contributed by atoms with E-state index in [2.05, 4.69) is 36.1 Å². The molecule has 0 saturated carbocycles. The molecule has 2 fully saturated rings. The maximum absolute atomic E-state index is 12.4. The first-order chi connectivity index (χ1) is 11.1. The monoisotopic (exact) mass is 315 g/mol. The van der Waals surface area contributed by atoms with Gasteiger partial charge in [0.1, 0.15) is 0 Å². The number of anilines is 1. The molecular formula is C18H25N3O2. The number of hydrogen-bond donors (Lipinski definition) is 0. The molecule has 23 heavy (non-hydrogen) atoms. The Morgan fingerprint density at radius 2 is 1.43 bits per heavy atom. The highest BCUT2D eigenvalue weighted by Gasteiger charge is 2.30. The molecule has 124 valence electrons. The van der Waals surface area contributed by atoms with Gasteiger partial charge in [-0.3, -0.25) is 9.59 Å². The van der Waals surface area contributed by atoms with E-state index in [-0.39, 0.29) is 11.8 Å². The van der Waals surface area contributed by atoms with Gasteiger partial charge >= 0.3 is 11.8 Å². The largest absolute Gasteiger partial charge is 0.368 e. The summed E-state index contributed by atoms with van der Waals surface area (Å²) in [6, 6.07) is 8.41. The lowest BCUT2D eigenvalue weighted by molar-refractivity contribution is -0.152. The van der Waals surface area contributed by atoms with Gasteiger partial charge in [0.2, 0.25) is 0 Å². The molecule has 1 aromatic carbocycles. The van der Waals surface area contributed by atoms with E-state index in [0.29, 0.717) is 13.1 Å². The Balaban J connectivity index is 1.55. The molecule has 0 N–H and O–H groups in total. The molecule has 2 saturated heterocycles. The third-order valence-electron chi connectivity index (χ3n) is 4.76. The van der Waals surface area contributed by atoms with E-state index >= 15 is 0 Å². The Kier molecular flexibility index (Phi) is 4.84. The Morgan fingerprint density at radius 3 is 2.04 bits per heavy atom. The number of rotatable bonds is 1. The van der Waals surface area contributed by atoms with E-state index < -0.39 is 0 Å². The number of carbonyl (C=O) groups is 2. The molecule has 0 aromatic heterocycles. The number of carbonyl (C=O) groups excluding carboxylic acids is 2. The zero-order valence-electron chi connectivity index (χ0n) is 13.8. The summed E-state index contributed by atoms with van der Waals surface area (Å²) >= 11 is 0. The lowest BCUT2D eigenvalue weighted by Gasteiger charge is -2.37. The van der Waals surface area contributed by atoms with Crippen molar-refractivity contribution in [2.75, 3.05) is 44.2 Å². The molecule has 3 rings (SSSR count). The van der Waals surface area contributed by atoms with Crippen LogP contribution in [-0.4, -0.2) is 60.9 Å². The molecular weight excluding hydrogens is 290 g/mol. The lowest BCUT2D eigenvalue weighted by Crippen LogP contribution is -2.54. The standard InChI is InChI=1S/C18H25N3O2/c1-15-6-5-7-16(14-15)19-10-12-21(13-11-19)18(23)17(22)20-8-3-2-4-9-20/h5-7,14H,2-4,8-13H2,1H3. The van der Waals surface area contributed by atoms with Crippen molar-refractivity contribution in [1.82, 2.24) is 9.80 Å². The summed E-state index contributed by atoms with van der Waals surface area (Å²) in [5.41, 5.74) is 2.43. The van der Waals surface area contributed by atoms with Gasteiger partial charge < -0.3 is 14.7 Å². The summed E-state index contributed by atoms with van der Waals surface area (Å²) < 4.78 is 0. The minimum absolute atomic E-state index is 0.311. The topological polar surface area (TPSA) is 43.9 Å². The summed E-state index contributed by atoms with van der Waals surface area (Å²) in [7, 11) is 0. The number of aryl methyl sites for hydroxylation is 1. The van der Waals surface area contributed by atoms with Crippen LogP contribution in [0.3, 0.4) is 0 Å². The van der Waals surface area contributed by atoms with Crippen molar-refractivity contribution in [3.05, 3.63) is 29.8 Å². The normalized spacial score (nSPS) is 18.9. The highest BCUT2D eigenvalue weighted by Crippen LogP contribution is 2.18. The third-order valence-corrected chi connectivity index (χ3v) is 4.76. The molecule has 5 heteroatoms. The van der Waals surface area contributed by atoms with Crippen LogP contribution in [0.5, 0.6) is 0 Å². The highest BCUT2D eigenvalue weighted by molar-refractivity contribution is 6.34. The maximum Gasteiger partial charge on any atom is 0.312 e. The predicted octanol–water partition coefficient (Wildman–Crippen LogP) is 1.66. The number of benzene rings is 1. The molecule has 2 amide bonds. The van der Waals surface area contributed by atoms with Gasteiger partial charge in [-0.2, -0.15) is 0 Å². The van der Waals surface area contributed by atoms with Gasteiger partial charge in [0.05, 0.1) is 0 Å². The molecule has 2 aliphatic rings. The Bertz CT molecular complexity index is 573. The first kappa shape index (κ1) is 15.8. The molecule has 2 heterocycles. The fraction of sp³-hybridized carbons (Fsp3) is 0.556. The number of nitrogens with zero attached hydrogens (tertiary/aromatic N) is 3. The van der Waals surface area contributed by atoms with Crippen LogP contribution in [0.4, 0.5) is 5.69 Å². The summed E-state index contributed by atoms with van der Waals surface area (Å²) in [6.45, 7) is 6.34. The van der Waals surface area contributed by atoms with Crippen molar-refractivity contribution in [1.29, 1.82) is 0 Å². The minimum Gasteiger partial charge on any atom is -0.368 e. The molecule has 0 aliphatic carbocycles. The maximum atomic E-state index is 12.4. The van der Waals surface area contributed by atoms with Crippen LogP contribution in [0.2, 0.25) is 0 Å². The van der Waals surface area contributed by atoms with E-state index in [1.165, 1.54) is 11.3 Å². The smallest absolute Gasteiger partial charge is 0.312 e. The third kappa shape index (κ3) is 3.66. The van der Waals surface area contributed by atoms with E-state index in [9.17, 15) is 9.59 Å². The second-order valence-electron chi connectivity index (χ2n) is 6.47. The van der Waals surface area contributed by atoms with Gasteiger partial charge in [-0.15, -0.1) is 0 Å². The Hall–Kier alpha value is -2.04. The molecule has 0 radical (unpaired) electrons. The average Bonchev–Trinajstić information content (AvgIpc) is 2.61. The van der Waals surface area contributed by atoms with Gasteiger partial charge in [-0.1, -0.05) is 12.1 Å². The molecule has 0 atom stereocenters. The van der Waals surface area contributed by atoms with E-state index in [0.717, 1.165) is 45.4 Å². The molecule has 0 unspecified atom stereocenters. The van der Waals surface area contributed by atoms with Crippen molar-refractivity contribution in [2.45, 2.75) is 26.2 Å². The highest BCUT2D eigenvalue weighted by atomic mass is 16.2. The van der Waals surface area contributed by atoms with Crippen molar-refractivity contribution >= 4 is 17.5 Å². The number of hydrogen-bond acceptors (Lipinski definition) is 3. The zero-order valence-corrected chi connectivity index (χ0v) is 13.8. The van der Waals surface area contributed by atoms with Crippen molar-refractivity contribution in [2.24, 2.45) is 0 Å². The van der Waals surface area contributed by atoms with Crippen molar-refractivity contribution in [3.8, 4) is 0 Å². The lowest BCUT2D eigenvalue weighted by atomic mass is 10.1. The SMILES string of the molecule is Cc1cccc(N2CCN(C(=O)C(=O)N3CCCCC3)CC2)c1.